The summed E-state index contributed by atoms with van der Waals surface area (Å²) in [6.07, 6.45) is 21.2. The minimum atomic E-state index is -0.427. The number of fused-ring (bicyclic) bond motifs is 10. The van der Waals surface area contributed by atoms with Gasteiger partial charge in [-0.3, -0.25) is 0 Å². The van der Waals surface area contributed by atoms with Gasteiger partial charge in [0.15, 0.2) is 0 Å². The van der Waals surface area contributed by atoms with Crippen molar-refractivity contribution in [1.82, 2.24) is 0 Å². The first-order valence-corrected chi connectivity index (χ1v) is 19.3. The predicted octanol–water partition coefficient (Wildman–Crippen LogP) is 8.28. The van der Waals surface area contributed by atoms with Crippen LogP contribution in [0.15, 0.2) is 0 Å². The van der Waals surface area contributed by atoms with Gasteiger partial charge < -0.3 is 20.4 Å². The largest absolute Gasteiger partial charge is 0.393 e. The zero-order valence-corrected chi connectivity index (χ0v) is 29.3. The molecule has 0 bridgehead atoms. The number of rotatable bonds is 0. The number of aliphatic hydroxyl groups excluding tert-OH is 2. The molecule has 0 unspecified atom stereocenters. The number of hydrogen-bond acceptors (Lipinski definition) is 4. The molecule has 0 amide bonds. The molecule has 4 heteroatoms. The molecule has 0 heterocycles. The lowest BCUT2D eigenvalue weighted by atomic mass is 9.44. The molecule has 0 saturated heterocycles. The average Bonchev–Trinajstić information content (AvgIpc) is 3.44. The summed E-state index contributed by atoms with van der Waals surface area (Å²) in [6.45, 7) is 13.9. The second-order valence-corrected chi connectivity index (χ2v) is 20.0. The molecule has 8 aliphatic carbocycles. The van der Waals surface area contributed by atoms with Gasteiger partial charge in [0.2, 0.25) is 0 Å². The third-order valence-corrected chi connectivity index (χ3v) is 17.8. The molecule has 0 aromatic carbocycles. The molecule has 8 saturated carbocycles. The fourth-order valence-corrected chi connectivity index (χ4v) is 14.8. The van der Waals surface area contributed by atoms with Crippen LogP contribution in [0.1, 0.15) is 157 Å². The van der Waals surface area contributed by atoms with E-state index >= 15 is 0 Å². The molecule has 8 aliphatic rings. The van der Waals surface area contributed by atoms with Gasteiger partial charge in [0.05, 0.1) is 23.4 Å². The van der Waals surface area contributed by atoms with Crippen LogP contribution in [0.5, 0.6) is 0 Å². The molecule has 0 spiro atoms. The third-order valence-electron chi connectivity index (χ3n) is 17.8. The molecule has 8 rings (SSSR count). The van der Waals surface area contributed by atoms with Crippen LogP contribution in [0.2, 0.25) is 0 Å². The smallest absolute Gasteiger partial charge is 0.0622 e. The molecule has 4 N–H and O–H groups in total. The second kappa shape index (κ2) is 10.7. The minimum Gasteiger partial charge on any atom is -0.393 e. The Bertz CT molecular complexity index is 1000. The lowest BCUT2D eigenvalue weighted by Gasteiger charge is -2.61. The van der Waals surface area contributed by atoms with Crippen molar-refractivity contribution in [2.75, 3.05) is 0 Å². The SMILES string of the molecule is C[C@@]1(O)CC[C@]2(C)[C@@H](CC[C@@H]3[C@H]4CC[C@@H](O)[C@]4(C)CC[C@H]32)C1.C[C@]1(O)CC[C@]2(C)[C@@H](CC[C@@H]3[C@H]4CC[C@@H](O)[C@]4(C)CC[C@H]32)C1. The van der Waals surface area contributed by atoms with Crippen LogP contribution in [0, 0.1) is 69.0 Å². The van der Waals surface area contributed by atoms with E-state index in [1.54, 1.807) is 0 Å². The highest BCUT2D eigenvalue weighted by molar-refractivity contribution is 5.12. The summed E-state index contributed by atoms with van der Waals surface area (Å²) in [5, 5.41) is 42.0. The van der Waals surface area contributed by atoms with Crippen molar-refractivity contribution in [3.05, 3.63) is 0 Å². The topological polar surface area (TPSA) is 80.9 Å². The Kier molecular flexibility index (Phi) is 7.85. The molecule has 0 radical (unpaired) electrons. The highest BCUT2D eigenvalue weighted by Gasteiger charge is 2.62. The standard InChI is InChI=1S/2C20H34O2/c2*1-18(22)10-11-19(2)13(12-18)4-5-14-15-6-7-17(21)20(15,3)9-8-16(14)19/h2*13-17,21-22H,4-12H2,1-3H3/t13-,14+,15+,16+,17+,18+,19+,20+;13-,14+,15+,16+,17+,18-,19+,20+/m00/s1. The van der Waals surface area contributed by atoms with Gasteiger partial charge in [-0.25, -0.2) is 0 Å². The number of aliphatic hydroxyl groups is 4. The van der Waals surface area contributed by atoms with E-state index in [0.717, 1.165) is 74.0 Å². The molecule has 0 aromatic heterocycles. The molecule has 16 atom stereocenters. The number of hydrogen-bond donors (Lipinski definition) is 4. The Labute approximate surface area is 269 Å². The van der Waals surface area contributed by atoms with E-state index in [1.807, 2.05) is 13.8 Å². The lowest BCUT2D eigenvalue weighted by molar-refractivity contribution is -0.150. The fourth-order valence-electron chi connectivity index (χ4n) is 14.8. The summed E-state index contributed by atoms with van der Waals surface area (Å²) in [7, 11) is 0. The van der Waals surface area contributed by atoms with E-state index in [-0.39, 0.29) is 23.0 Å². The Hall–Kier alpha value is -0.160. The average molecular weight is 613 g/mol. The van der Waals surface area contributed by atoms with Gasteiger partial charge >= 0.3 is 0 Å². The van der Waals surface area contributed by atoms with Crippen LogP contribution in [-0.4, -0.2) is 43.8 Å². The van der Waals surface area contributed by atoms with Crippen LogP contribution in [0.4, 0.5) is 0 Å². The molecule has 0 aromatic rings. The zero-order chi connectivity index (χ0) is 31.5. The summed E-state index contributed by atoms with van der Waals surface area (Å²) in [5.41, 5.74) is 0.433. The van der Waals surface area contributed by atoms with Gasteiger partial charge in [-0.1, -0.05) is 27.7 Å². The van der Waals surface area contributed by atoms with Crippen molar-refractivity contribution in [3.63, 3.8) is 0 Å². The van der Waals surface area contributed by atoms with Gasteiger partial charge in [0.25, 0.3) is 0 Å². The van der Waals surface area contributed by atoms with E-state index in [9.17, 15) is 20.4 Å². The van der Waals surface area contributed by atoms with E-state index < -0.39 is 11.2 Å². The first kappa shape index (κ1) is 32.4. The molecule has 252 valence electrons. The lowest BCUT2D eigenvalue weighted by Crippen LogP contribution is -2.55. The normalized spacial score (nSPS) is 61.2. The Balaban J connectivity index is 0.000000142. The molecular weight excluding hydrogens is 544 g/mol. The maximum absolute atomic E-state index is 10.5. The molecule has 4 nitrogen and oxygen atoms in total. The van der Waals surface area contributed by atoms with Gasteiger partial charge in [0.1, 0.15) is 0 Å². The Morgan fingerprint density at radius 2 is 0.750 bits per heavy atom. The summed E-state index contributed by atoms with van der Waals surface area (Å²) >= 11 is 0. The fraction of sp³-hybridized carbons (Fsp3) is 1.00. The Morgan fingerprint density at radius 3 is 1.14 bits per heavy atom. The second-order valence-electron chi connectivity index (χ2n) is 20.0. The van der Waals surface area contributed by atoms with Crippen molar-refractivity contribution in [2.24, 2.45) is 69.0 Å². The van der Waals surface area contributed by atoms with Crippen molar-refractivity contribution in [3.8, 4) is 0 Å². The highest BCUT2D eigenvalue weighted by Crippen LogP contribution is 2.68. The molecule has 8 fully saturated rings. The quantitative estimate of drug-likeness (QED) is 0.222. The Morgan fingerprint density at radius 1 is 0.386 bits per heavy atom. The van der Waals surface area contributed by atoms with Gasteiger partial charge in [0, 0.05) is 0 Å². The maximum Gasteiger partial charge on any atom is 0.0622 e. The maximum atomic E-state index is 10.5. The van der Waals surface area contributed by atoms with Crippen LogP contribution >= 0.6 is 0 Å². The van der Waals surface area contributed by atoms with E-state index in [0.29, 0.717) is 22.7 Å². The van der Waals surface area contributed by atoms with Crippen molar-refractivity contribution in [2.45, 2.75) is 181 Å². The zero-order valence-electron chi connectivity index (χ0n) is 29.3. The third kappa shape index (κ3) is 4.86. The molecule has 0 aliphatic heterocycles. The van der Waals surface area contributed by atoms with Crippen molar-refractivity contribution in [1.29, 1.82) is 0 Å². The van der Waals surface area contributed by atoms with E-state index in [2.05, 4.69) is 27.7 Å². The first-order valence-electron chi connectivity index (χ1n) is 19.3. The summed E-state index contributed by atoms with van der Waals surface area (Å²) in [4.78, 5) is 0. The summed E-state index contributed by atoms with van der Waals surface area (Å²) < 4.78 is 0. The highest BCUT2D eigenvalue weighted by atomic mass is 16.3. The van der Waals surface area contributed by atoms with Crippen LogP contribution < -0.4 is 0 Å². The van der Waals surface area contributed by atoms with Crippen molar-refractivity contribution >= 4 is 0 Å². The van der Waals surface area contributed by atoms with Crippen molar-refractivity contribution < 1.29 is 20.4 Å². The van der Waals surface area contributed by atoms with Gasteiger partial charge in [-0.05, 0) is 198 Å². The first-order chi connectivity index (χ1) is 20.5. The summed E-state index contributed by atoms with van der Waals surface area (Å²) in [5.74, 6) is 6.28. The minimum absolute atomic E-state index is 0.0592. The van der Waals surface area contributed by atoms with E-state index in [1.165, 1.54) is 77.0 Å². The monoisotopic (exact) mass is 613 g/mol. The molecule has 44 heavy (non-hydrogen) atoms. The van der Waals surface area contributed by atoms with Crippen LogP contribution in [0.3, 0.4) is 0 Å². The molecular formula is C40H68O4. The van der Waals surface area contributed by atoms with Gasteiger partial charge in [-0.2, -0.15) is 0 Å². The van der Waals surface area contributed by atoms with Crippen LogP contribution in [-0.2, 0) is 0 Å². The summed E-state index contributed by atoms with van der Waals surface area (Å²) in [6, 6.07) is 0. The van der Waals surface area contributed by atoms with E-state index in [4.69, 9.17) is 0 Å². The van der Waals surface area contributed by atoms with Crippen LogP contribution in [0.25, 0.3) is 0 Å². The predicted molar refractivity (Wildman–Crippen MR) is 177 cm³/mol. The van der Waals surface area contributed by atoms with Gasteiger partial charge in [-0.15, -0.1) is 0 Å².